The maximum Gasteiger partial charge on any atom is 0.257 e. The summed E-state index contributed by atoms with van der Waals surface area (Å²) >= 11 is 0. The number of ether oxygens (including phenoxy) is 3. The zero-order valence-corrected chi connectivity index (χ0v) is 22.7. The van der Waals surface area contributed by atoms with Gasteiger partial charge in [-0.2, -0.15) is 0 Å². The lowest BCUT2D eigenvalue weighted by molar-refractivity contribution is -0.119. The highest BCUT2D eigenvalue weighted by Crippen LogP contribution is 2.24. The van der Waals surface area contributed by atoms with Crippen LogP contribution in [0.15, 0.2) is 134 Å². The molecule has 5 rings (SSSR count). The standard InChI is InChI=1S/C34H29N3O5/c38-32(30-17-10-22-35-34(30)42-28-15-8-3-9-16-28)37-31(24-40-23-25-11-4-1-5-12-25)33(39)36-26-18-20-29(21-19-26)41-27-13-6-2-7-14-27/h1-22,31H,23-24H2,(H,36,39)(H,37,38). The van der Waals surface area contributed by atoms with Crippen molar-refractivity contribution in [3.8, 4) is 23.1 Å². The summed E-state index contributed by atoms with van der Waals surface area (Å²) in [6.07, 6.45) is 1.54. The lowest BCUT2D eigenvalue weighted by atomic mass is 10.2. The van der Waals surface area contributed by atoms with Gasteiger partial charge in [0, 0.05) is 11.9 Å². The van der Waals surface area contributed by atoms with Crippen molar-refractivity contribution in [3.05, 3.63) is 145 Å². The van der Waals surface area contributed by atoms with E-state index in [1.165, 1.54) is 6.20 Å². The first-order valence-electron chi connectivity index (χ1n) is 13.4. The number of anilines is 1. The number of hydrogen-bond acceptors (Lipinski definition) is 6. The monoisotopic (exact) mass is 559 g/mol. The molecule has 4 aromatic carbocycles. The summed E-state index contributed by atoms with van der Waals surface area (Å²) in [4.78, 5) is 31.0. The molecule has 0 aliphatic heterocycles. The number of pyridine rings is 1. The molecule has 210 valence electrons. The van der Waals surface area contributed by atoms with Gasteiger partial charge in [-0.15, -0.1) is 0 Å². The van der Waals surface area contributed by atoms with E-state index in [2.05, 4.69) is 15.6 Å². The fourth-order valence-corrected chi connectivity index (χ4v) is 3.99. The number of carbonyl (C=O) groups is 2. The Hall–Kier alpha value is -5.47. The number of carbonyl (C=O) groups excluding carboxylic acids is 2. The molecular weight excluding hydrogens is 530 g/mol. The molecule has 42 heavy (non-hydrogen) atoms. The van der Waals surface area contributed by atoms with Crippen molar-refractivity contribution < 1.29 is 23.8 Å². The molecule has 1 aromatic heterocycles. The van der Waals surface area contributed by atoms with Gasteiger partial charge in [-0.05, 0) is 66.2 Å². The summed E-state index contributed by atoms with van der Waals surface area (Å²) in [7, 11) is 0. The molecule has 8 heteroatoms. The lowest BCUT2D eigenvalue weighted by Crippen LogP contribution is -2.46. The van der Waals surface area contributed by atoms with Gasteiger partial charge in [0.15, 0.2) is 0 Å². The number of amides is 2. The van der Waals surface area contributed by atoms with E-state index >= 15 is 0 Å². The van der Waals surface area contributed by atoms with Crippen molar-refractivity contribution in [1.29, 1.82) is 0 Å². The largest absolute Gasteiger partial charge is 0.457 e. The second-order valence-electron chi connectivity index (χ2n) is 9.23. The molecule has 0 fully saturated rings. The Morgan fingerprint density at radius 1 is 0.667 bits per heavy atom. The van der Waals surface area contributed by atoms with Crippen molar-refractivity contribution in [2.24, 2.45) is 0 Å². The van der Waals surface area contributed by atoms with Gasteiger partial charge >= 0.3 is 0 Å². The fourth-order valence-electron chi connectivity index (χ4n) is 3.99. The fraction of sp³-hybridized carbons (Fsp3) is 0.0882. The van der Waals surface area contributed by atoms with E-state index in [1.54, 1.807) is 48.5 Å². The molecule has 8 nitrogen and oxygen atoms in total. The molecule has 0 radical (unpaired) electrons. The average Bonchev–Trinajstić information content (AvgIpc) is 3.03. The van der Waals surface area contributed by atoms with Gasteiger partial charge in [0.1, 0.15) is 28.9 Å². The van der Waals surface area contributed by atoms with Crippen molar-refractivity contribution in [3.63, 3.8) is 0 Å². The van der Waals surface area contributed by atoms with Crippen LogP contribution in [0.25, 0.3) is 0 Å². The van der Waals surface area contributed by atoms with Crippen LogP contribution in [0.4, 0.5) is 5.69 Å². The topological polar surface area (TPSA) is 98.8 Å². The van der Waals surface area contributed by atoms with Crippen LogP contribution in [-0.2, 0) is 16.1 Å². The van der Waals surface area contributed by atoms with Crippen molar-refractivity contribution >= 4 is 17.5 Å². The minimum Gasteiger partial charge on any atom is -0.457 e. The maximum absolute atomic E-state index is 13.4. The quantitative estimate of drug-likeness (QED) is 0.178. The number of rotatable bonds is 12. The Bertz CT molecular complexity index is 1580. The predicted molar refractivity (Wildman–Crippen MR) is 160 cm³/mol. The molecule has 0 spiro atoms. The van der Waals surface area contributed by atoms with Crippen molar-refractivity contribution in [2.75, 3.05) is 11.9 Å². The van der Waals surface area contributed by atoms with Gasteiger partial charge in [0.25, 0.3) is 5.91 Å². The highest BCUT2D eigenvalue weighted by atomic mass is 16.5. The minimum absolute atomic E-state index is 0.0587. The average molecular weight is 560 g/mol. The van der Waals surface area contributed by atoms with E-state index < -0.39 is 17.9 Å². The second-order valence-corrected chi connectivity index (χ2v) is 9.23. The van der Waals surface area contributed by atoms with Crippen molar-refractivity contribution in [1.82, 2.24) is 10.3 Å². The Balaban J connectivity index is 1.28. The van der Waals surface area contributed by atoms with Gasteiger partial charge in [-0.3, -0.25) is 9.59 Å². The van der Waals surface area contributed by atoms with Crippen LogP contribution in [0, 0.1) is 0 Å². The predicted octanol–water partition coefficient (Wildman–Crippen LogP) is 6.62. The molecule has 1 unspecified atom stereocenters. The zero-order valence-electron chi connectivity index (χ0n) is 22.7. The number of nitrogens with zero attached hydrogens (tertiary/aromatic N) is 1. The highest BCUT2D eigenvalue weighted by Gasteiger charge is 2.24. The van der Waals surface area contributed by atoms with Crippen LogP contribution >= 0.6 is 0 Å². The number of hydrogen-bond donors (Lipinski definition) is 2. The third kappa shape index (κ3) is 8.03. The van der Waals surface area contributed by atoms with Gasteiger partial charge in [-0.1, -0.05) is 66.7 Å². The number of benzene rings is 4. The molecule has 0 aliphatic carbocycles. The van der Waals surface area contributed by atoms with Gasteiger partial charge in [-0.25, -0.2) is 4.98 Å². The smallest absolute Gasteiger partial charge is 0.257 e. The van der Waals surface area contributed by atoms with Crippen LogP contribution in [0.1, 0.15) is 15.9 Å². The maximum atomic E-state index is 13.4. The Morgan fingerprint density at radius 3 is 1.93 bits per heavy atom. The number of aromatic nitrogens is 1. The molecule has 1 atom stereocenters. The first-order valence-corrected chi connectivity index (χ1v) is 13.4. The first-order chi connectivity index (χ1) is 20.6. The summed E-state index contributed by atoms with van der Waals surface area (Å²) in [5.41, 5.74) is 1.67. The Kier molecular flexibility index (Phi) is 9.52. The third-order valence-electron chi connectivity index (χ3n) is 6.09. The van der Waals surface area contributed by atoms with Crippen LogP contribution in [0.5, 0.6) is 23.1 Å². The van der Waals surface area contributed by atoms with Gasteiger partial charge < -0.3 is 24.8 Å². The molecular formula is C34H29N3O5. The van der Waals surface area contributed by atoms with Crippen LogP contribution in [-0.4, -0.2) is 29.4 Å². The Morgan fingerprint density at radius 2 is 1.26 bits per heavy atom. The molecule has 0 aliphatic rings. The molecule has 2 N–H and O–H groups in total. The van der Waals surface area contributed by atoms with E-state index in [0.717, 1.165) is 5.56 Å². The summed E-state index contributed by atoms with van der Waals surface area (Å²) < 4.78 is 17.5. The summed E-state index contributed by atoms with van der Waals surface area (Å²) in [6.45, 7) is 0.220. The highest BCUT2D eigenvalue weighted by molar-refractivity contribution is 6.02. The normalized spacial score (nSPS) is 11.2. The third-order valence-corrected chi connectivity index (χ3v) is 6.09. The first kappa shape index (κ1) is 28.1. The van der Waals surface area contributed by atoms with E-state index in [0.29, 0.717) is 22.9 Å². The zero-order chi connectivity index (χ0) is 29.0. The van der Waals surface area contributed by atoms with Crippen molar-refractivity contribution in [2.45, 2.75) is 12.6 Å². The van der Waals surface area contributed by atoms with Gasteiger partial charge in [0.2, 0.25) is 11.8 Å². The lowest BCUT2D eigenvalue weighted by Gasteiger charge is -2.19. The van der Waals surface area contributed by atoms with E-state index in [4.69, 9.17) is 14.2 Å². The Labute approximate surface area is 243 Å². The summed E-state index contributed by atoms with van der Waals surface area (Å²) in [5.74, 6) is 1.02. The summed E-state index contributed by atoms with van der Waals surface area (Å²) in [6, 6.07) is 37.2. The van der Waals surface area contributed by atoms with Crippen LogP contribution < -0.4 is 20.1 Å². The van der Waals surface area contributed by atoms with E-state index in [9.17, 15) is 9.59 Å². The SMILES string of the molecule is O=C(NC(COCc1ccccc1)C(=O)Nc1ccc(Oc2ccccc2)cc1)c1cccnc1Oc1ccccc1. The van der Waals surface area contributed by atoms with E-state index in [1.807, 2.05) is 78.9 Å². The number of nitrogens with one attached hydrogen (secondary N) is 2. The molecule has 0 saturated heterocycles. The van der Waals surface area contributed by atoms with Crippen LogP contribution in [0.2, 0.25) is 0 Å². The molecule has 0 bridgehead atoms. The van der Waals surface area contributed by atoms with Gasteiger partial charge in [0.05, 0.1) is 13.2 Å². The molecule has 1 heterocycles. The van der Waals surface area contributed by atoms with Crippen LogP contribution in [0.3, 0.4) is 0 Å². The number of para-hydroxylation sites is 2. The second kappa shape index (κ2) is 14.2. The molecule has 2 amide bonds. The minimum atomic E-state index is -1.01. The molecule has 5 aromatic rings. The molecule has 0 saturated carbocycles. The summed E-state index contributed by atoms with van der Waals surface area (Å²) in [5, 5.41) is 5.65. The van der Waals surface area contributed by atoms with E-state index in [-0.39, 0.29) is 24.7 Å².